The van der Waals surface area contributed by atoms with Gasteiger partial charge in [0.2, 0.25) is 11.8 Å². The van der Waals surface area contributed by atoms with Crippen LogP contribution < -0.4 is 16.4 Å². The number of rotatable bonds is 5. The van der Waals surface area contributed by atoms with E-state index in [1.165, 1.54) is 25.1 Å². The van der Waals surface area contributed by atoms with E-state index in [9.17, 15) is 14.0 Å². The van der Waals surface area contributed by atoms with E-state index in [-0.39, 0.29) is 23.4 Å². The molecule has 0 saturated carbocycles. The van der Waals surface area contributed by atoms with E-state index < -0.39 is 5.82 Å². The predicted octanol–water partition coefficient (Wildman–Crippen LogP) is 1.71. The number of nitrogens with one attached hydrogen (secondary N) is 2. The highest BCUT2D eigenvalue weighted by Crippen LogP contribution is 2.20. The molecule has 4 N–H and O–H groups in total. The zero-order valence-electron chi connectivity index (χ0n) is 11.0. The Bertz CT molecular complexity index is 477. The quantitative estimate of drug-likeness (QED) is 0.759. The third-order valence-electron chi connectivity index (χ3n) is 2.50. The molecule has 0 aliphatic heterocycles. The maximum atomic E-state index is 13.4. The summed E-state index contributed by atoms with van der Waals surface area (Å²) >= 11 is 0. The first kappa shape index (κ1) is 15.1. The summed E-state index contributed by atoms with van der Waals surface area (Å²) in [5.41, 5.74) is 5.90. The average Bonchev–Trinajstić information content (AvgIpc) is 2.32. The summed E-state index contributed by atoms with van der Waals surface area (Å²) in [5.74, 6) is -1.05. The first-order valence-electron chi connectivity index (χ1n) is 5.99. The van der Waals surface area contributed by atoms with Crippen LogP contribution in [0.3, 0.4) is 0 Å². The van der Waals surface area contributed by atoms with Crippen molar-refractivity contribution in [2.45, 2.75) is 20.3 Å². The minimum absolute atomic E-state index is 0.0390. The SMILES string of the molecule is CC(=O)Nc1cc(NC(=O)CC(C)CN)ccc1F. The van der Waals surface area contributed by atoms with Gasteiger partial charge in [-0.25, -0.2) is 4.39 Å². The second-order valence-electron chi connectivity index (χ2n) is 4.47. The van der Waals surface area contributed by atoms with Crippen molar-refractivity contribution in [3.8, 4) is 0 Å². The molecule has 6 heteroatoms. The molecule has 2 amide bonds. The Morgan fingerprint density at radius 3 is 2.63 bits per heavy atom. The number of hydrogen-bond donors (Lipinski definition) is 3. The van der Waals surface area contributed by atoms with Crippen LogP contribution in [0, 0.1) is 11.7 Å². The third-order valence-corrected chi connectivity index (χ3v) is 2.50. The molecule has 0 aromatic heterocycles. The summed E-state index contributed by atoms with van der Waals surface area (Å²) in [6, 6.07) is 4.00. The minimum Gasteiger partial charge on any atom is -0.330 e. The highest BCUT2D eigenvalue weighted by Gasteiger charge is 2.10. The third kappa shape index (κ3) is 5.05. The largest absolute Gasteiger partial charge is 0.330 e. The lowest BCUT2D eigenvalue weighted by molar-refractivity contribution is -0.117. The molecule has 1 atom stereocenters. The lowest BCUT2D eigenvalue weighted by Gasteiger charge is -2.11. The fraction of sp³-hybridized carbons (Fsp3) is 0.385. The van der Waals surface area contributed by atoms with Crippen LogP contribution in [-0.2, 0) is 9.59 Å². The van der Waals surface area contributed by atoms with E-state index in [0.717, 1.165) is 0 Å². The molecule has 5 nitrogen and oxygen atoms in total. The Kier molecular flexibility index (Phi) is 5.44. The van der Waals surface area contributed by atoms with Gasteiger partial charge in [-0.3, -0.25) is 9.59 Å². The van der Waals surface area contributed by atoms with Crippen molar-refractivity contribution in [2.75, 3.05) is 17.2 Å². The maximum Gasteiger partial charge on any atom is 0.224 e. The van der Waals surface area contributed by atoms with Crippen LogP contribution in [0.4, 0.5) is 15.8 Å². The van der Waals surface area contributed by atoms with Gasteiger partial charge in [-0.05, 0) is 30.7 Å². The Balaban J connectivity index is 2.74. The first-order chi connectivity index (χ1) is 8.92. The Hall–Kier alpha value is -1.95. The number of benzene rings is 1. The smallest absolute Gasteiger partial charge is 0.224 e. The zero-order chi connectivity index (χ0) is 14.4. The van der Waals surface area contributed by atoms with Gasteiger partial charge in [0.15, 0.2) is 0 Å². The van der Waals surface area contributed by atoms with Gasteiger partial charge < -0.3 is 16.4 Å². The Morgan fingerprint density at radius 2 is 2.05 bits per heavy atom. The Labute approximate surface area is 111 Å². The summed E-state index contributed by atoms with van der Waals surface area (Å²) < 4.78 is 13.4. The van der Waals surface area contributed by atoms with Crippen LogP contribution in [0.5, 0.6) is 0 Å². The van der Waals surface area contributed by atoms with E-state index in [1.54, 1.807) is 0 Å². The maximum absolute atomic E-state index is 13.4. The summed E-state index contributed by atoms with van der Waals surface area (Å²) in [7, 11) is 0. The zero-order valence-corrected chi connectivity index (χ0v) is 11.0. The van der Waals surface area contributed by atoms with Gasteiger partial charge in [0.25, 0.3) is 0 Å². The van der Waals surface area contributed by atoms with Crippen LogP contribution in [0.15, 0.2) is 18.2 Å². The topological polar surface area (TPSA) is 84.2 Å². The molecule has 1 aromatic carbocycles. The number of halogens is 1. The van der Waals surface area contributed by atoms with Crippen LogP contribution in [0.25, 0.3) is 0 Å². The van der Waals surface area contributed by atoms with Crippen molar-refractivity contribution in [3.63, 3.8) is 0 Å². The van der Waals surface area contributed by atoms with Crippen LogP contribution in [-0.4, -0.2) is 18.4 Å². The summed E-state index contributed by atoms with van der Waals surface area (Å²) in [4.78, 5) is 22.6. The number of anilines is 2. The molecule has 0 fully saturated rings. The van der Waals surface area contributed by atoms with Gasteiger partial charge in [-0.15, -0.1) is 0 Å². The number of carbonyl (C=O) groups is 2. The van der Waals surface area contributed by atoms with Gasteiger partial charge in [0.1, 0.15) is 5.82 Å². The van der Waals surface area contributed by atoms with Crippen molar-refractivity contribution in [1.29, 1.82) is 0 Å². The van der Waals surface area contributed by atoms with E-state index in [4.69, 9.17) is 5.73 Å². The van der Waals surface area contributed by atoms with E-state index in [2.05, 4.69) is 10.6 Å². The first-order valence-corrected chi connectivity index (χ1v) is 5.99. The van der Waals surface area contributed by atoms with Crippen molar-refractivity contribution in [1.82, 2.24) is 0 Å². The summed E-state index contributed by atoms with van der Waals surface area (Å²) in [6.07, 6.45) is 0.295. The molecule has 1 unspecified atom stereocenters. The van der Waals surface area contributed by atoms with Gasteiger partial charge in [0, 0.05) is 19.0 Å². The molecule has 0 radical (unpaired) electrons. The predicted molar refractivity (Wildman–Crippen MR) is 72.2 cm³/mol. The normalized spacial score (nSPS) is 11.8. The lowest BCUT2D eigenvalue weighted by Crippen LogP contribution is -2.20. The van der Waals surface area contributed by atoms with E-state index in [1.807, 2.05) is 6.92 Å². The van der Waals surface area contributed by atoms with Gasteiger partial charge in [-0.2, -0.15) is 0 Å². The van der Waals surface area contributed by atoms with Gasteiger partial charge >= 0.3 is 0 Å². The van der Waals surface area contributed by atoms with Crippen molar-refractivity contribution in [2.24, 2.45) is 11.7 Å². The second-order valence-corrected chi connectivity index (χ2v) is 4.47. The molecule has 1 aromatic rings. The summed E-state index contributed by atoms with van der Waals surface area (Å²) in [5, 5.41) is 4.99. The number of carbonyl (C=O) groups excluding carboxylic acids is 2. The molecule has 0 aliphatic carbocycles. The van der Waals surface area contributed by atoms with Gasteiger partial charge in [-0.1, -0.05) is 6.92 Å². The standard InChI is InChI=1S/C13H18FN3O2/c1-8(7-15)5-13(19)17-10-3-4-11(14)12(6-10)16-9(2)18/h3-4,6,8H,5,7,15H2,1-2H3,(H,16,18)(H,17,19). The highest BCUT2D eigenvalue weighted by molar-refractivity contribution is 5.93. The number of hydrogen-bond acceptors (Lipinski definition) is 3. The van der Waals surface area contributed by atoms with Crippen molar-refractivity contribution >= 4 is 23.2 Å². The monoisotopic (exact) mass is 267 g/mol. The molecule has 19 heavy (non-hydrogen) atoms. The Morgan fingerprint density at radius 1 is 1.37 bits per heavy atom. The minimum atomic E-state index is -0.552. The fourth-order valence-corrected chi connectivity index (χ4v) is 1.50. The fourth-order valence-electron chi connectivity index (χ4n) is 1.50. The van der Waals surface area contributed by atoms with Crippen LogP contribution >= 0.6 is 0 Å². The molecule has 0 spiro atoms. The van der Waals surface area contributed by atoms with Crippen LogP contribution in [0.2, 0.25) is 0 Å². The van der Waals surface area contributed by atoms with E-state index in [0.29, 0.717) is 18.7 Å². The molecule has 0 heterocycles. The van der Waals surface area contributed by atoms with Crippen molar-refractivity contribution in [3.05, 3.63) is 24.0 Å². The van der Waals surface area contributed by atoms with E-state index >= 15 is 0 Å². The average molecular weight is 267 g/mol. The number of nitrogens with two attached hydrogens (primary N) is 1. The molecular formula is C13H18FN3O2. The molecular weight excluding hydrogens is 249 g/mol. The number of amides is 2. The lowest BCUT2D eigenvalue weighted by atomic mass is 10.1. The van der Waals surface area contributed by atoms with Crippen molar-refractivity contribution < 1.29 is 14.0 Å². The molecule has 0 bridgehead atoms. The van der Waals surface area contributed by atoms with Gasteiger partial charge in [0.05, 0.1) is 5.69 Å². The molecule has 0 aliphatic rings. The molecule has 104 valence electrons. The second kappa shape index (κ2) is 6.84. The summed E-state index contributed by atoms with van der Waals surface area (Å²) in [6.45, 7) is 3.58. The molecule has 0 saturated heterocycles. The van der Waals surface area contributed by atoms with Crippen LogP contribution in [0.1, 0.15) is 20.3 Å². The molecule has 1 rings (SSSR count). The highest BCUT2D eigenvalue weighted by atomic mass is 19.1.